The zero-order valence-corrected chi connectivity index (χ0v) is 11.3. The first-order valence-electron chi connectivity index (χ1n) is 5.82. The number of benzene rings is 1. The van der Waals surface area contributed by atoms with Crippen molar-refractivity contribution in [2.75, 3.05) is 0 Å². The highest BCUT2D eigenvalue weighted by molar-refractivity contribution is 6.30. The second-order valence-corrected chi connectivity index (χ2v) is 4.67. The molecule has 96 valence electrons. The largest absolute Gasteiger partial charge is 0.271 e. The Morgan fingerprint density at radius 3 is 2.56 bits per heavy atom. The van der Waals surface area contributed by atoms with Crippen LogP contribution in [0.2, 0.25) is 5.15 Å². The molecule has 0 spiro atoms. The number of nitrogens with zero attached hydrogens (tertiary/aromatic N) is 2. The normalized spacial score (nSPS) is 12.7. The Morgan fingerprint density at radius 2 is 2.06 bits per heavy atom. The topological polar surface area (TPSA) is 55.9 Å². The van der Waals surface area contributed by atoms with Gasteiger partial charge in [-0.3, -0.25) is 16.0 Å². The second kappa shape index (κ2) is 5.52. The molecule has 5 heteroatoms. The molecule has 1 aromatic heterocycles. The molecule has 0 aliphatic heterocycles. The molecule has 0 saturated heterocycles. The van der Waals surface area contributed by atoms with Crippen LogP contribution in [0.15, 0.2) is 30.3 Å². The van der Waals surface area contributed by atoms with E-state index in [2.05, 4.69) is 10.5 Å². The molecule has 0 saturated carbocycles. The molecular weight excluding hydrogens is 248 g/mol. The van der Waals surface area contributed by atoms with Crippen LogP contribution in [0.5, 0.6) is 0 Å². The average Bonchev–Trinajstić information content (AvgIpc) is 2.62. The average molecular weight is 265 g/mol. The summed E-state index contributed by atoms with van der Waals surface area (Å²) in [5.41, 5.74) is 5.95. The summed E-state index contributed by atoms with van der Waals surface area (Å²) in [6, 6.07) is 10.1. The van der Waals surface area contributed by atoms with Gasteiger partial charge in [0.05, 0.1) is 11.7 Å². The Kier molecular flexibility index (Phi) is 4.01. The Labute approximate surface area is 112 Å². The molecule has 18 heavy (non-hydrogen) atoms. The lowest BCUT2D eigenvalue weighted by Gasteiger charge is -2.16. The van der Waals surface area contributed by atoms with Crippen molar-refractivity contribution in [2.24, 2.45) is 12.9 Å². The van der Waals surface area contributed by atoms with E-state index in [0.29, 0.717) is 5.15 Å². The smallest absolute Gasteiger partial charge is 0.130 e. The summed E-state index contributed by atoms with van der Waals surface area (Å²) >= 11 is 6.23. The van der Waals surface area contributed by atoms with E-state index in [0.717, 1.165) is 23.2 Å². The standard InChI is InChI=1S/C13H17ClN4/c1-9-11(13(14)18(2)17-9)8-12(16-15)10-6-4-3-5-7-10/h3-7,12,16H,8,15H2,1-2H3. The molecular formula is C13H17ClN4. The molecule has 2 aromatic rings. The second-order valence-electron chi connectivity index (χ2n) is 4.31. The van der Waals surface area contributed by atoms with Gasteiger partial charge in [0.1, 0.15) is 5.15 Å². The molecule has 0 radical (unpaired) electrons. The monoisotopic (exact) mass is 264 g/mol. The Balaban J connectivity index is 2.26. The molecule has 0 amide bonds. The van der Waals surface area contributed by atoms with E-state index in [9.17, 15) is 0 Å². The van der Waals surface area contributed by atoms with Gasteiger partial charge in [-0.2, -0.15) is 5.10 Å². The van der Waals surface area contributed by atoms with E-state index in [-0.39, 0.29) is 6.04 Å². The van der Waals surface area contributed by atoms with Crippen molar-refractivity contribution < 1.29 is 0 Å². The van der Waals surface area contributed by atoms with E-state index in [4.69, 9.17) is 17.4 Å². The van der Waals surface area contributed by atoms with Crippen LogP contribution in [-0.4, -0.2) is 9.78 Å². The molecule has 1 atom stereocenters. The molecule has 0 bridgehead atoms. The van der Waals surface area contributed by atoms with Crippen molar-refractivity contribution in [3.63, 3.8) is 0 Å². The van der Waals surface area contributed by atoms with Crippen LogP contribution < -0.4 is 11.3 Å². The summed E-state index contributed by atoms with van der Waals surface area (Å²) < 4.78 is 1.69. The van der Waals surface area contributed by atoms with Gasteiger partial charge in [0, 0.05) is 12.6 Å². The number of nitrogens with one attached hydrogen (secondary N) is 1. The highest BCUT2D eigenvalue weighted by Gasteiger charge is 2.17. The molecule has 0 fully saturated rings. The summed E-state index contributed by atoms with van der Waals surface area (Å²) in [5.74, 6) is 5.64. The Morgan fingerprint density at radius 1 is 1.39 bits per heavy atom. The van der Waals surface area contributed by atoms with Gasteiger partial charge >= 0.3 is 0 Å². The lowest BCUT2D eigenvalue weighted by atomic mass is 10.00. The Bertz CT molecular complexity index is 521. The van der Waals surface area contributed by atoms with Crippen LogP contribution in [0.1, 0.15) is 22.9 Å². The van der Waals surface area contributed by atoms with E-state index >= 15 is 0 Å². The summed E-state index contributed by atoms with van der Waals surface area (Å²) in [7, 11) is 1.84. The van der Waals surface area contributed by atoms with E-state index in [1.807, 2.05) is 44.3 Å². The number of halogens is 1. The number of aromatic nitrogens is 2. The number of rotatable bonds is 4. The third-order valence-corrected chi connectivity index (χ3v) is 3.55. The predicted octanol–water partition coefficient (Wildman–Crippen LogP) is 2.13. The molecule has 1 aromatic carbocycles. The zero-order valence-electron chi connectivity index (χ0n) is 10.5. The molecule has 0 aliphatic rings. The lowest BCUT2D eigenvalue weighted by molar-refractivity contribution is 0.551. The summed E-state index contributed by atoms with van der Waals surface area (Å²) in [6.45, 7) is 1.96. The molecule has 2 rings (SSSR count). The van der Waals surface area contributed by atoms with Crippen LogP contribution in [0, 0.1) is 6.92 Å². The summed E-state index contributed by atoms with van der Waals surface area (Å²) in [4.78, 5) is 0. The van der Waals surface area contributed by atoms with Gasteiger partial charge in [-0.25, -0.2) is 0 Å². The van der Waals surface area contributed by atoms with Crippen molar-refractivity contribution in [3.05, 3.63) is 52.3 Å². The SMILES string of the molecule is Cc1nn(C)c(Cl)c1CC(NN)c1ccccc1. The van der Waals surface area contributed by atoms with E-state index in [1.165, 1.54) is 0 Å². The number of hydrogen-bond acceptors (Lipinski definition) is 3. The minimum Gasteiger partial charge on any atom is -0.271 e. The first-order chi connectivity index (χ1) is 8.63. The molecule has 1 heterocycles. The van der Waals surface area contributed by atoms with Gasteiger partial charge in [-0.05, 0) is 18.9 Å². The minimum atomic E-state index is 0.0339. The molecule has 4 nitrogen and oxygen atoms in total. The first kappa shape index (κ1) is 13.1. The van der Waals surface area contributed by atoms with Crippen molar-refractivity contribution in [1.29, 1.82) is 0 Å². The predicted molar refractivity (Wildman–Crippen MR) is 73.2 cm³/mol. The first-order valence-corrected chi connectivity index (χ1v) is 6.20. The van der Waals surface area contributed by atoms with E-state index in [1.54, 1.807) is 4.68 Å². The van der Waals surface area contributed by atoms with Gasteiger partial charge in [-0.15, -0.1) is 0 Å². The fraction of sp³-hybridized carbons (Fsp3) is 0.308. The number of hydrazine groups is 1. The maximum atomic E-state index is 6.23. The maximum absolute atomic E-state index is 6.23. The molecule has 0 aliphatic carbocycles. The summed E-state index contributed by atoms with van der Waals surface area (Å²) in [6.07, 6.45) is 0.721. The van der Waals surface area contributed by atoms with Crippen LogP contribution in [0.3, 0.4) is 0 Å². The van der Waals surface area contributed by atoms with E-state index < -0.39 is 0 Å². The van der Waals surface area contributed by atoms with Crippen LogP contribution in [0.25, 0.3) is 0 Å². The third-order valence-electron chi connectivity index (χ3n) is 3.08. The summed E-state index contributed by atoms with van der Waals surface area (Å²) in [5, 5.41) is 4.98. The van der Waals surface area contributed by atoms with Gasteiger partial charge in [0.25, 0.3) is 0 Å². The van der Waals surface area contributed by atoms with Crippen molar-refractivity contribution in [3.8, 4) is 0 Å². The number of hydrogen-bond donors (Lipinski definition) is 2. The maximum Gasteiger partial charge on any atom is 0.130 e. The molecule has 3 N–H and O–H groups in total. The van der Waals surface area contributed by atoms with Crippen LogP contribution in [-0.2, 0) is 13.5 Å². The van der Waals surface area contributed by atoms with Crippen LogP contribution in [0.4, 0.5) is 0 Å². The van der Waals surface area contributed by atoms with Gasteiger partial charge in [0.15, 0.2) is 0 Å². The van der Waals surface area contributed by atoms with Crippen molar-refractivity contribution in [2.45, 2.75) is 19.4 Å². The highest BCUT2D eigenvalue weighted by Crippen LogP contribution is 2.25. The third kappa shape index (κ3) is 2.56. The van der Waals surface area contributed by atoms with Gasteiger partial charge in [-0.1, -0.05) is 41.9 Å². The van der Waals surface area contributed by atoms with Gasteiger partial charge in [0.2, 0.25) is 0 Å². The number of aryl methyl sites for hydroxylation is 2. The zero-order chi connectivity index (χ0) is 13.1. The fourth-order valence-corrected chi connectivity index (χ4v) is 2.32. The highest BCUT2D eigenvalue weighted by atomic mass is 35.5. The molecule has 1 unspecified atom stereocenters. The van der Waals surface area contributed by atoms with Crippen molar-refractivity contribution in [1.82, 2.24) is 15.2 Å². The van der Waals surface area contributed by atoms with Crippen molar-refractivity contribution >= 4 is 11.6 Å². The van der Waals surface area contributed by atoms with Gasteiger partial charge < -0.3 is 0 Å². The fourth-order valence-electron chi connectivity index (χ4n) is 2.07. The number of nitrogens with two attached hydrogens (primary N) is 1. The minimum absolute atomic E-state index is 0.0339. The lowest BCUT2D eigenvalue weighted by Crippen LogP contribution is -2.29. The van der Waals surface area contributed by atoms with Crippen LogP contribution >= 0.6 is 11.6 Å². The Hall–Kier alpha value is -1.36. The quantitative estimate of drug-likeness (QED) is 0.657.